The van der Waals surface area contributed by atoms with E-state index in [0.717, 1.165) is 103 Å². The number of thiol groups is 4. The van der Waals surface area contributed by atoms with Gasteiger partial charge < -0.3 is 0 Å². The van der Waals surface area contributed by atoms with E-state index in [2.05, 4.69) is 207 Å². The van der Waals surface area contributed by atoms with E-state index in [0.29, 0.717) is 0 Å². The molecule has 0 saturated heterocycles. The van der Waals surface area contributed by atoms with Gasteiger partial charge in [0.15, 0.2) is 0 Å². The van der Waals surface area contributed by atoms with Crippen LogP contribution in [0.15, 0.2) is 232 Å². The third-order valence-corrected chi connectivity index (χ3v) is 13.6. The lowest BCUT2D eigenvalue weighted by molar-refractivity contribution is 0.692. The Morgan fingerprint density at radius 3 is 0.867 bits per heavy atom. The molecular formula is C56H42S4. The van der Waals surface area contributed by atoms with Crippen LogP contribution in [0, 0.1) is 0 Å². The summed E-state index contributed by atoms with van der Waals surface area (Å²) >= 11 is 21.2. The highest BCUT2D eigenvalue weighted by Gasteiger charge is 2.35. The summed E-state index contributed by atoms with van der Waals surface area (Å²) in [6, 6.07) is 75.1. The van der Waals surface area contributed by atoms with Crippen molar-refractivity contribution in [2.45, 2.75) is 31.9 Å². The van der Waals surface area contributed by atoms with Crippen LogP contribution in [0.4, 0.5) is 0 Å². The van der Waals surface area contributed by atoms with Gasteiger partial charge in [-0.1, -0.05) is 188 Å². The molecule has 0 heterocycles. The van der Waals surface area contributed by atoms with Gasteiger partial charge in [0, 0.05) is 25.0 Å². The van der Waals surface area contributed by atoms with Crippen LogP contribution >= 0.6 is 50.5 Å². The van der Waals surface area contributed by atoms with Crippen LogP contribution in [0.3, 0.4) is 0 Å². The predicted molar refractivity (Wildman–Crippen MR) is 267 cm³/mol. The molecule has 0 N–H and O–H groups in total. The van der Waals surface area contributed by atoms with Gasteiger partial charge in [-0.25, -0.2) is 0 Å². The standard InChI is InChI=1S/C56H42S4/c1-56(41-27-15-6-16-28-41,42-33-48(39-23-11-4-12-24-39)54(59)50(35-42)46-31-17-29-44(52(46)57)37-19-7-2-8-20-37)43-34-49(40-25-13-5-14-26-40)55(60)51(36-43)47-32-18-30-45(53(47)58)38-21-9-3-10-22-38/h2-36,57-60H,1H3. The summed E-state index contributed by atoms with van der Waals surface area (Å²) in [4.78, 5) is 3.61. The molecule has 0 atom stereocenters. The zero-order valence-corrected chi connectivity index (χ0v) is 36.6. The van der Waals surface area contributed by atoms with E-state index in [1.165, 1.54) is 0 Å². The van der Waals surface area contributed by atoms with Crippen molar-refractivity contribution in [1.29, 1.82) is 0 Å². The van der Waals surface area contributed by atoms with E-state index >= 15 is 0 Å². The quantitative estimate of drug-likeness (QED) is 0.0808. The number of hydrogen-bond acceptors (Lipinski definition) is 4. The van der Waals surface area contributed by atoms with Gasteiger partial charge in [-0.2, -0.15) is 0 Å². The Balaban J connectivity index is 1.36. The van der Waals surface area contributed by atoms with Crippen LogP contribution in [0.25, 0.3) is 66.8 Å². The molecule has 0 unspecified atom stereocenters. The second-order valence-corrected chi connectivity index (χ2v) is 17.0. The Bertz CT molecular complexity index is 2760. The average Bonchev–Trinajstić information content (AvgIpc) is 3.31. The van der Waals surface area contributed by atoms with Crippen molar-refractivity contribution in [3.8, 4) is 66.8 Å². The molecule has 290 valence electrons. The second kappa shape index (κ2) is 17.2. The van der Waals surface area contributed by atoms with Crippen molar-refractivity contribution in [2.75, 3.05) is 0 Å². The summed E-state index contributed by atoms with van der Waals surface area (Å²) in [5.41, 5.74) is 15.5. The van der Waals surface area contributed by atoms with E-state index < -0.39 is 5.41 Å². The first kappa shape index (κ1) is 39.8. The lowest BCUT2D eigenvalue weighted by atomic mass is 9.69. The van der Waals surface area contributed by atoms with Crippen LogP contribution in [0.5, 0.6) is 0 Å². The first-order valence-corrected chi connectivity index (χ1v) is 21.8. The molecule has 0 fully saturated rings. The summed E-state index contributed by atoms with van der Waals surface area (Å²) in [6.45, 7) is 2.35. The van der Waals surface area contributed by atoms with Gasteiger partial charge >= 0.3 is 0 Å². The summed E-state index contributed by atoms with van der Waals surface area (Å²) in [5.74, 6) is 0. The third-order valence-electron chi connectivity index (χ3n) is 11.7. The Labute approximate surface area is 375 Å². The average molecular weight is 843 g/mol. The van der Waals surface area contributed by atoms with E-state index in [4.69, 9.17) is 50.5 Å². The fourth-order valence-electron chi connectivity index (χ4n) is 8.43. The normalized spacial score (nSPS) is 11.4. The lowest BCUT2D eigenvalue weighted by Crippen LogP contribution is -2.26. The first-order chi connectivity index (χ1) is 29.3. The number of hydrogen-bond donors (Lipinski definition) is 4. The van der Waals surface area contributed by atoms with Crippen LogP contribution in [-0.4, -0.2) is 0 Å². The Morgan fingerprint density at radius 1 is 0.250 bits per heavy atom. The molecule has 9 aromatic rings. The Hall–Kier alpha value is -5.62. The zero-order valence-electron chi connectivity index (χ0n) is 33.0. The lowest BCUT2D eigenvalue weighted by Gasteiger charge is -2.35. The minimum absolute atomic E-state index is 0.664. The number of benzene rings is 9. The smallest absolute Gasteiger partial charge is 0.0424 e. The molecule has 0 aromatic heterocycles. The van der Waals surface area contributed by atoms with Crippen molar-refractivity contribution in [3.63, 3.8) is 0 Å². The molecule has 0 aliphatic carbocycles. The molecule has 4 heteroatoms. The van der Waals surface area contributed by atoms with Gasteiger partial charge in [0.05, 0.1) is 0 Å². The van der Waals surface area contributed by atoms with Gasteiger partial charge in [0.2, 0.25) is 0 Å². The fraction of sp³-hybridized carbons (Fsp3) is 0.0357. The van der Waals surface area contributed by atoms with Crippen molar-refractivity contribution in [1.82, 2.24) is 0 Å². The monoisotopic (exact) mass is 842 g/mol. The third kappa shape index (κ3) is 7.43. The van der Waals surface area contributed by atoms with Crippen LogP contribution in [0.1, 0.15) is 23.6 Å². The van der Waals surface area contributed by atoms with E-state index in [-0.39, 0.29) is 0 Å². The molecule has 0 nitrogen and oxygen atoms in total. The van der Waals surface area contributed by atoms with Crippen LogP contribution < -0.4 is 0 Å². The van der Waals surface area contributed by atoms with E-state index in [9.17, 15) is 0 Å². The number of rotatable bonds is 9. The first-order valence-electron chi connectivity index (χ1n) is 20.0. The van der Waals surface area contributed by atoms with E-state index in [1.54, 1.807) is 0 Å². The highest BCUT2D eigenvalue weighted by molar-refractivity contribution is 7.81. The molecule has 0 amide bonds. The summed E-state index contributed by atoms with van der Waals surface area (Å²) < 4.78 is 0. The van der Waals surface area contributed by atoms with Crippen molar-refractivity contribution in [2.24, 2.45) is 0 Å². The highest BCUT2D eigenvalue weighted by Crippen LogP contribution is 2.50. The topological polar surface area (TPSA) is 0 Å². The van der Waals surface area contributed by atoms with Crippen molar-refractivity contribution >= 4 is 50.5 Å². The minimum Gasteiger partial charge on any atom is -0.142 e. The van der Waals surface area contributed by atoms with Gasteiger partial charge in [-0.3, -0.25) is 0 Å². The van der Waals surface area contributed by atoms with Crippen molar-refractivity contribution in [3.05, 3.63) is 229 Å². The maximum atomic E-state index is 5.36. The molecule has 0 bridgehead atoms. The van der Waals surface area contributed by atoms with E-state index in [1.807, 2.05) is 12.1 Å². The van der Waals surface area contributed by atoms with Crippen LogP contribution in [-0.2, 0) is 5.41 Å². The summed E-state index contributed by atoms with van der Waals surface area (Å²) in [7, 11) is 0. The van der Waals surface area contributed by atoms with Gasteiger partial charge in [0.25, 0.3) is 0 Å². The Kier molecular flexibility index (Phi) is 11.4. The van der Waals surface area contributed by atoms with Crippen molar-refractivity contribution < 1.29 is 0 Å². The molecule has 0 aliphatic rings. The summed E-state index contributed by atoms with van der Waals surface area (Å²) in [5, 5.41) is 0. The fourth-order valence-corrected chi connectivity index (χ4v) is 9.98. The molecular weight excluding hydrogens is 801 g/mol. The summed E-state index contributed by atoms with van der Waals surface area (Å²) in [6.07, 6.45) is 0. The molecule has 60 heavy (non-hydrogen) atoms. The Morgan fingerprint density at radius 2 is 0.517 bits per heavy atom. The molecule has 9 aromatic carbocycles. The maximum absolute atomic E-state index is 5.36. The second-order valence-electron chi connectivity index (χ2n) is 15.2. The highest BCUT2D eigenvalue weighted by atomic mass is 32.1. The van der Waals surface area contributed by atoms with Gasteiger partial charge in [-0.15, -0.1) is 50.5 Å². The minimum atomic E-state index is -0.664. The SMILES string of the molecule is CC(c1ccccc1)(c1cc(-c2ccccc2)c(S)c(-c2cccc(-c3ccccc3)c2S)c1)c1cc(-c2ccccc2)c(S)c(-c2cccc(-c3ccccc3)c2S)c1. The van der Waals surface area contributed by atoms with Gasteiger partial charge in [0.1, 0.15) is 0 Å². The molecule has 9 rings (SSSR count). The largest absolute Gasteiger partial charge is 0.142 e. The van der Waals surface area contributed by atoms with Crippen LogP contribution in [0.2, 0.25) is 0 Å². The molecule has 0 radical (unpaired) electrons. The predicted octanol–water partition coefficient (Wildman–Crippen LogP) is 16.2. The maximum Gasteiger partial charge on any atom is 0.0424 e. The van der Waals surface area contributed by atoms with Gasteiger partial charge in [-0.05, 0) is 115 Å². The molecule has 0 spiro atoms. The molecule has 0 aliphatic heterocycles. The molecule has 0 saturated carbocycles. The zero-order chi connectivity index (χ0) is 41.2.